The summed E-state index contributed by atoms with van der Waals surface area (Å²) < 4.78 is 36.8. The van der Waals surface area contributed by atoms with Crippen molar-refractivity contribution < 1.29 is 98.2 Å². The fraction of sp³-hybridized carbons (Fsp3) is 0.778. The van der Waals surface area contributed by atoms with Crippen LogP contribution in [0.15, 0.2) is 30.3 Å². The maximum Gasteiger partial charge on any atom is 1.00 e. The summed E-state index contributed by atoms with van der Waals surface area (Å²) in [5.74, 6) is -2.14. The molecule has 1 aromatic carbocycles. The SMILES string of the molecule is C[C@@H]1C[C@H](C)[C@@H](O[C@H]2C[C@H](O)[C@H](O)[C@H](CO)O2)[C@H](O[C@@H]2O[C@H](CO)[C@H](O)[C@H](O[C@@H](CC3CCCCC3)C(=O)[O-])[C@H]2OC(=O)c2ccccc2)C1.[Na+]. The maximum atomic E-state index is 13.5. The van der Waals surface area contributed by atoms with Crippen molar-refractivity contribution >= 4 is 11.9 Å². The molecule has 0 amide bonds. The number of aliphatic hydroxyl groups excluding tert-OH is 5. The van der Waals surface area contributed by atoms with E-state index in [0.29, 0.717) is 6.42 Å². The van der Waals surface area contributed by atoms with Crippen molar-refractivity contribution in [3.63, 3.8) is 0 Å². The number of hydrogen-bond acceptors (Lipinski definition) is 14. The van der Waals surface area contributed by atoms with E-state index in [0.717, 1.165) is 38.5 Å². The zero-order valence-corrected chi connectivity index (χ0v) is 31.7. The van der Waals surface area contributed by atoms with Crippen LogP contribution in [-0.2, 0) is 33.2 Å². The van der Waals surface area contributed by atoms with Gasteiger partial charge < -0.3 is 63.9 Å². The van der Waals surface area contributed by atoms with Crippen LogP contribution in [0, 0.1) is 17.8 Å². The van der Waals surface area contributed by atoms with E-state index in [1.54, 1.807) is 30.3 Å². The monoisotopic (exact) mass is 732 g/mol. The van der Waals surface area contributed by atoms with Gasteiger partial charge in [0.15, 0.2) is 18.7 Å². The van der Waals surface area contributed by atoms with Crippen molar-refractivity contribution in [2.75, 3.05) is 13.2 Å². The number of hydrogen-bond donors (Lipinski definition) is 5. The summed E-state index contributed by atoms with van der Waals surface area (Å²) in [6.45, 7) is 2.80. The first-order chi connectivity index (χ1) is 24.0. The molecule has 14 atom stereocenters. The van der Waals surface area contributed by atoms with E-state index in [-0.39, 0.29) is 65.7 Å². The zero-order chi connectivity index (χ0) is 35.9. The van der Waals surface area contributed by atoms with Crippen LogP contribution in [0.5, 0.6) is 0 Å². The Morgan fingerprint density at radius 1 is 0.863 bits per heavy atom. The molecule has 2 aliphatic carbocycles. The van der Waals surface area contributed by atoms with Crippen LogP contribution in [0.3, 0.4) is 0 Å². The summed E-state index contributed by atoms with van der Waals surface area (Å²) in [7, 11) is 0. The Hall–Kier alpha value is -1.24. The minimum absolute atomic E-state index is 0. The first kappa shape index (κ1) is 42.5. The van der Waals surface area contributed by atoms with Crippen molar-refractivity contribution in [1.29, 1.82) is 0 Å². The molecule has 15 heteroatoms. The molecule has 2 saturated carbocycles. The van der Waals surface area contributed by atoms with Gasteiger partial charge in [0.2, 0.25) is 0 Å². The Kier molecular flexibility index (Phi) is 16.6. The van der Waals surface area contributed by atoms with Gasteiger partial charge in [0.05, 0.1) is 49.2 Å². The first-order valence-corrected chi connectivity index (χ1v) is 18.0. The third-order valence-electron chi connectivity index (χ3n) is 10.6. The van der Waals surface area contributed by atoms with Gasteiger partial charge in [-0.2, -0.15) is 0 Å². The molecule has 5 N–H and O–H groups in total. The first-order valence-electron chi connectivity index (χ1n) is 18.0. The summed E-state index contributed by atoms with van der Waals surface area (Å²) in [4.78, 5) is 25.9. The van der Waals surface area contributed by atoms with Gasteiger partial charge in [-0.05, 0) is 49.1 Å². The van der Waals surface area contributed by atoms with Crippen molar-refractivity contribution in [2.24, 2.45) is 17.8 Å². The van der Waals surface area contributed by atoms with Crippen molar-refractivity contribution in [1.82, 2.24) is 0 Å². The fourth-order valence-corrected chi connectivity index (χ4v) is 7.94. The fourth-order valence-electron chi connectivity index (χ4n) is 7.94. The van der Waals surface area contributed by atoms with Crippen LogP contribution >= 0.6 is 0 Å². The Bertz CT molecular complexity index is 1220. The van der Waals surface area contributed by atoms with E-state index in [1.807, 2.05) is 13.8 Å². The molecule has 0 radical (unpaired) electrons. The number of ether oxygens (including phenoxy) is 6. The Morgan fingerprint density at radius 2 is 1.53 bits per heavy atom. The molecule has 2 saturated heterocycles. The molecule has 2 heterocycles. The molecule has 0 unspecified atom stereocenters. The van der Waals surface area contributed by atoms with Gasteiger partial charge in [-0.1, -0.05) is 64.2 Å². The third-order valence-corrected chi connectivity index (χ3v) is 10.6. The average molecular weight is 733 g/mol. The number of rotatable bonds is 13. The van der Waals surface area contributed by atoms with Crippen LogP contribution < -0.4 is 34.7 Å². The van der Waals surface area contributed by atoms with Crippen LogP contribution in [-0.4, -0.2) is 124 Å². The molecule has 4 aliphatic rings. The van der Waals surface area contributed by atoms with E-state index in [4.69, 9.17) is 28.4 Å². The Morgan fingerprint density at radius 3 is 2.18 bits per heavy atom. The largest absolute Gasteiger partial charge is 1.00 e. The topological polar surface area (TPSA) is 214 Å². The average Bonchev–Trinajstić information content (AvgIpc) is 3.10. The van der Waals surface area contributed by atoms with Gasteiger partial charge in [0.1, 0.15) is 30.5 Å². The van der Waals surface area contributed by atoms with Gasteiger partial charge >= 0.3 is 35.5 Å². The summed E-state index contributed by atoms with van der Waals surface area (Å²) >= 11 is 0. The van der Waals surface area contributed by atoms with Gasteiger partial charge in [-0.25, -0.2) is 4.79 Å². The van der Waals surface area contributed by atoms with E-state index in [2.05, 4.69) is 0 Å². The van der Waals surface area contributed by atoms with E-state index >= 15 is 0 Å². The summed E-state index contributed by atoms with van der Waals surface area (Å²) in [6.07, 6.45) is -8.66. The minimum Gasteiger partial charge on any atom is -0.547 e. The zero-order valence-electron chi connectivity index (χ0n) is 29.7. The summed E-state index contributed by atoms with van der Waals surface area (Å²) in [5, 5.41) is 64.4. The summed E-state index contributed by atoms with van der Waals surface area (Å²) in [6, 6.07) is 8.12. The Labute approximate surface area is 321 Å². The number of aliphatic hydroxyl groups is 5. The molecule has 282 valence electrons. The van der Waals surface area contributed by atoms with E-state index < -0.39 is 98.8 Å². The van der Waals surface area contributed by atoms with Crippen LogP contribution in [0.2, 0.25) is 0 Å². The van der Waals surface area contributed by atoms with Crippen molar-refractivity contribution in [2.45, 2.75) is 145 Å². The molecular formula is C36H53NaO14. The van der Waals surface area contributed by atoms with Crippen LogP contribution in [0.4, 0.5) is 0 Å². The standard InChI is InChI=1S/C36H54O14.Na/c1-19-13-20(2)31(49-28-16-23(39)29(40)26(17-37)45-28)24(14-19)47-36-33(50-35(44)22-11-7-4-8-12-22)32(30(41)27(18-38)48-36)46-25(34(42)43)15-21-9-5-3-6-10-21;/h4,7-8,11-12,19-21,23-33,36-41H,3,5-6,9-10,13-18H2,1-2H3,(H,42,43);/q;+1/p-1/t19-,20+,23+,24-,25+,26+,27-,28+,29+,30+,31-,32+,33-,36-;/m1./s1. The van der Waals surface area contributed by atoms with Gasteiger partial charge in [-0.3, -0.25) is 0 Å². The molecule has 14 nitrogen and oxygen atoms in total. The number of carbonyl (C=O) groups excluding carboxylic acids is 2. The van der Waals surface area contributed by atoms with Gasteiger partial charge in [0.25, 0.3) is 0 Å². The minimum atomic E-state index is -1.60. The third kappa shape index (κ3) is 10.9. The molecule has 5 rings (SSSR count). The van der Waals surface area contributed by atoms with Crippen molar-refractivity contribution in [3.05, 3.63) is 35.9 Å². The molecule has 2 aliphatic heterocycles. The summed E-state index contributed by atoms with van der Waals surface area (Å²) in [5.41, 5.74) is 0.192. The number of aliphatic carboxylic acids is 1. The predicted molar refractivity (Wildman–Crippen MR) is 172 cm³/mol. The number of benzene rings is 1. The predicted octanol–water partition coefficient (Wildman–Crippen LogP) is -2.57. The molecule has 0 bridgehead atoms. The van der Waals surface area contributed by atoms with Crippen LogP contribution in [0.1, 0.15) is 82.0 Å². The number of carbonyl (C=O) groups is 2. The van der Waals surface area contributed by atoms with Gasteiger partial charge in [-0.15, -0.1) is 0 Å². The second kappa shape index (κ2) is 19.9. The molecule has 0 spiro atoms. The quantitative estimate of drug-likeness (QED) is 0.104. The van der Waals surface area contributed by atoms with Gasteiger partial charge in [0, 0.05) is 6.42 Å². The van der Waals surface area contributed by atoms with E-state index in [9.17, 15) is 40.2 Å². The molecule has 1 aromatic rings. The second-order valence-corrected chi connectivity index (χ2v) is 14.5. The second-order valence-electron chi connectivity index (χ2n) is 14.5. The molecule has 4 fully saturated rings. The number of carboxylic acids is 1. The molecule has 0 aromatic heterocycles. The van der Waals surface area contributed by atoms with E-state index in [1.165, 1.54) is 0 Å². The maximum absolute atomic E-state index is 13.5. The number of esters is 1. The smallest absolute Gasteiger partial charge is 0.547 e. The van der Waals surface area contributed by atoms with Crippen molar-refractivity contribution in [3.8, 4) is 0 Å². The van der Waals surface area contributed by atoms with Crippen LogP contribution in [0.25, 0.3) is 0 Å². The normalized spacial score (nSPS) is 38.3. The molecular weight excluding hydrogens is 679 g/mol. The Balaban J connectivity index is 0.00000583. The molecule has 51 heavy (non-hydrogen) atoms. The number of carboxylic acid groups (broad SMARTS) is 1.